The number of benzene rings is 2. The van der Waals surface area contributed by atoms with Crippen LogP contribution in [0.3, 0.4) is 0 Å². The van der Waals surface area contributed by atoms with Gasteiger partial charge in [0.05, 0.1) is 11.4 Å². The molecule has 0 atom stereocenters. The van der Waals surface area contributed by atoms with Crippen molar-refractivity contribution in [3.05, 3.63) is 58.6 Å². The molecule has 5 heteroatoms. The van der Waals surface area contributed by atoms with Gasteiger partial charge in [-0.3, -0.25) is 0 Å². The second-order valence-electron chi connectivity index (χ2n) is 6.64. The Bertz CT molecular complexity index is 943. The maximum absolute atomic E-state index is 6.12. The van der Waals surface area contributed by atoms with Gasteiger partial charge in [0.15, 0.2) is 0 Å². The minimum atomic E-state index is 0.747. The summed E-state index contributed by atoms with van der Waals surface area (Å²) in [7, 11) is 4.11. The zero-order valence-electron chi connectivity index (χ0n) is 14.7. The van der Waals surface area contributed by atoms with Crippen molar-refractivity contribution in [3.63, 3.8) is 0 Å². The molecule has 3 aromatic rings. The monoisotopic (exact) mass is 352 g/mol. The summed E-state index contributed by atoms with van der Waals surface area (Å²) in [5, 5.41) is 9.20. The standard InChI is InChI=1S/C20H21ClN4/c1-13-11-15(21)7-8-18(13)25-20-17(9-10-22-20)19(23-25)14-5-4-6-16(12-14)24(2)3/h4-8,11-12,22H,9-10H2,1-3H3. The maximum Gasteiger partial charge on any atom is 0.133 e. The zero-order chi connectivity index (χ0) is 17.6. The van der Waals surface area contributed by atoms with E-state index in [2.05, 4.69) is 55.5 Å². The minimum absolute atomic E-state index is 0.747. The first kappa shape index (κ1) is 16.0. The molecule has 1 aliphatic heterocycles. The van der Waals surface area contributed by atoms with Crippen LogP contribution >= 0.6 is 11.6 Å². The summed E-state index contributed by atoms with van der Waals surface area (Å²) in [6.07, 6.45) is 0.990. The van der Waals surface area contributed by atoms with Crippen LogP contribution in [-0.4, -0.2) is 30.4 Å². The van der Waals surface area contributed by atoms with Crippen LogP contribution < -0.4 is 10.2 Å². The van der Waals surface area contributed by atoms with Gasteiger partial charge in [0, 0.05) is 42.5 Å². The second kappa shape index (κ2) is 6.12. The van der Waals surface area contributed by atoms with Crippen molar-refractivity contribution in [2.75, 3.05) is 30.9 Å². The van der Waals surface area contributed by atoms with Gasteiger partial charge >= 0.3 is 0 Å². The Balaban J connectivity index is 1.88. The molecule has 0 aliphatic carbocycles. The highest BCUT2D eigenvalue weighted by Crippen LogP contribution is 2.36. The van der Waals surface area contributed by atoms with E-state index in [-0.39, 0.29) is 0 Å². The molecule has 128 valence electrons. The Labute approximate surface area is 153 Å². The van der Waals surface area contributed by atoms with Crippen LogP contribution in [0.15, 0.2) is 42.5 Å². The summed E-state index contributed by atoms with van der Waals surface area (Å²) < 4.78 is 2.02. The van der Waals surface area contributed by atoms with Gasteiger partial charge in [-0.25, -0.2) is 4.68 Å². The summed E-state index contributed by atoms with van der Waals surface area (Å²) in [6.45, 7) is 3.01. The Hall–Kier alpha value is -2.46. The third kappa shape index (κ3) is 2.76. The summed E-state index contributed by atoms with van der Waals surface area (Å²) in [5.41, 5.74) is 6.83. The lowest BCUT2D eigenvalue weighted by atomic mass is 10.1. The van der Waals surface area contributed by atoms with E-state index in [0.717, 1.165) is 46.3 Å². The molecule has 0 radical (unpaired) electrons. The number of aryl methyl sites for hydroxylation is 1. The highest BCUT2D eigenvalue weighted by atomic mass is 35.5. The SMILES string of the molecule is Cc1cc(Cl)ccc1-n1nc(-c2cccc(N(C)C)c2)c2c1NCC2. The van der Waals surface area contributed by atoms with E-state index < -0.39 is 0 Å². The summed E-state index contributed by atoms with van der Waals surface area (Å²) in [4.78, 5) is 2.11. The smallest absolute Gasteiger partial charge is 0.133 e. The quantitative estimate of drug-likeness (QED) is 0.751. The molecule has 2 heterocycles. The lowest BCUT2D eigenvalue weighted by Gasteiger charge is -2.13. The van der Waals surface area contributed by atoms with Gasteiger partial charge in [-0.1, -0.05) is 23.7 Å². The van der Waals surface area contributed by atoms with Crippen LogP contribution in [-0.2, 0) is 6.42 Å². The van der Waals surface area contributed by atoms with Crippen molar-refractivity contribution in [3.8, 4) is 16.9 Å². The molecular weight excluding hydrogens is 332 g/mol. The number of hydrogen-bond donors (Lipinski definition) is 1. The molecule has 2 aromatic carbocycles. The predicted molar refractivity (Wildman–Crippen MR) is 105 cm³/mol. The van der Waals surface area contributed by atoms with E-state index in [1.807, 2.05) is 22.9 Å². The number of hydrogen-bond acceptors (Lipinski definition) is 3. The Kier molecular flexibility index (Phi) is 3.92. The van der Waals surface area contributed by atoms with Crippen molar-refractivity contribution in [1.29, 1.82) is 0 Å². The molecule has 25 heavy (non-hydrogen) atoms. The topological polar surface area (TPSA) is 33.1 Å². The molecule has 1 aromatic heterocycles. The molecular formula is C20H21ClN4. The molecule has 0 saturated carbocycles. The third-order valence-electron chi connectivity index (χ3n) is 4.67. The van der Waals surface area contributed by atoms with E-state index in [1.54, 1.807) is 0 Å². The van der Waals surface area contributed by atoms with E-state index in [9.17, 15) is 0 Å². The fourth-order valence-corrected chi connectivity index (χ4v) is 3.60. The Morgan fingerprint density at radius 1 is 1.16 bits per heavy atom. The average molecular weight is 353 g/mol. The van der Waals surface area contributed by atoms with E-state index >= 15 is 0 Å². The molecule has 0 spiro atoms. The predicted octanol–water partition coefficient (Wildman–Crippen LogP) is 4.54. The van der Waals surface area contributed by atoms with Crippen molar-refractivity contribution < 1.29 is 0 Å². The van der Waals surface area contributed by atoms with Gasteiger partial charge < -0.3 is 10.2 Å². The lowest BCUT2D eigenvalue weighted by molar-refractivity contribution is 0.875. The molecule has 1 aliphatic rings. The number of nitrogens with one attached hydrogen (secondary N) is 1. The first-order chi connectivity index (χ1) is 12.0. The number of rotatable bonds is 3. The Morgan fingerprint density at radius 2 is 2.00 bits per heavy atom. The van der Waals surface area contributed by atoms with Gasteiger partial charge in [0.25, 0.3) is 0 Å². The first-order valence-corrected chi connectivity index (χ1v) is 8.82. The molecule has 4 rings (SSSR count). The van der Waals surface area contributed by atoms with Gasteiger partial charge in [-0.05, 0) is 49.2 Å². The van der Waals surface area contributed by atoms with Crippen molar-refractivity contribution in [2.24, 2.45) is 0 Å². The summed E-state index contributed by atoms with van der Waals surface area (Å²) >= 11 is 6.12. The molecule has 0 amide bonds. The molecule has 1 N–H and O–H groups in total. The van der Waals surface area contributed by atoms with Crippen LogP contribution in [0.1, 0.15) is 11.1 Å². The fourth-order valence-electron chi connectivity index (χ4n) is 3.37. The first-order valence-electron chi connectivity index (χ1n) is 8.44. The number of fused-ring (bicyclic) bond motifs is 1. The van der Waals surface area contributed by atoms with E-state index in [4.69, 9.17) is 16.7 Å². The van der Waals surface area contributed by atoms with Gasteiger partial charge in [0.1, 0.15) is 5.82 Å². The van der Waals surface area contributed by atoms with Crippen LogP contribution in [0.4, 0.5) is 11.5 Å². The van der Waals surface area contributed by atoms with Gasteiger partial charge in [-0.2, -0.15) is 5.10 Å². The number of halogens is 1. The maximum atomic E-state index is 6.12. The van der Waals surface area contributed by atoms with Crippen LogP contribution in [0, 0.1) is 6.92 Å². The summed E-state index contributed by atoms with van der Waals surface area (Å²) in [6, 6.07) is 14.5. The molecule has 0 unspecified atom stereocenters. The van der Waals surface area contributed by atoms with Crippen LogP contribution in [0.2, 0.25) is 5.02 Å². The minimum Gasteiger partial charge on any atom is -0.378 e. The van der Waals surface area contributed by atoms with E-state index in [0.29, 0.717) is 0 Å². The third-order valence-corrected chi connectivity index (χ3v) is 4.91. The number of anilines is 2. The largest absolute Gasteiger partial charge is 0.378 e. The Morgan fingerprint density at radius 3 is 2.76 bits per heavy atom. The van der Waals surface area contributed by atoms with Gasteiger partial charge in [0.2, 0.25) is 0 Å². The lowest BCUT2D eigenvalue weighted by Crippen LogP contribution is -2.08. The molecule has 4 nitrogen and oxygen atoms in total. The fraction of sp³-hybridized carbons (Fsp3) is 0.250. The van der Waals surface area contributed by atoms with Gasteiger partial charge in [-0.15, -0.1) is 0 Å². The van der Waals surface area contributed by atoms with Crippen molar-refractivity contribution in [1.82, 2.24) is 9.78 Å². The number of nitrogens with zero attached hydrogens (tertiary/aromatic N) is 3. The molecule has 0 saturated heterocycles. The van der Waals surface area contributed by atoms with Crippen molar-refractivity contribution >= 4 is 23.1 Å². The highest BCUT2D eigenvalue weighted by molar-refractivity contribution is 6.30. The average Bonchev–Trinajstić information content (AvgIpc) is 3.18. The number of aromatic nitrogens is 2. The van der Waals surface area contributed by atoms with Crippen LogP contribution in [0.25, 0.3) is 16.9 Å². The summed E-state index contributed by atoms with van der Waals surface area (Å²) in [5.74, 6) is 1.09. The second-order valence-corrected chi connectivity index (χ2v) is 7.08. The van der Waals surface area contributed by atoms with Crippen LogP contribution in [0.5, 0.6) is 0 Å². The van der Waals surface area contributed by atoms with E-state index in [1.165, 1.54) is 11.3 Å². The molecule has 0 bridgehead atoms. The molecule has 0 fully saturated rings. The zero-order valence-corrected chi connectivity index (χ0v) is 15.4. The van der Waals surface area contributed by atoms with Crippen molar-refractivity contribution in [2.45, 2.75) is 13.3 Å². The highest BCUT2D eigenvalue weighted by Gasteiger charge is 2.24. The normalized spacial score (nSPS) is 12.8.